The van der Waals surface area contributed by atoms with E-state index in [0.717, 1.165) is 31.8 Å². The maximum Gasteiger partial charge on any atom is 0.419 e. The van der Waals surface area contributed by atoms with E-state index in [1.165, 1.54) is 13.1 Å². The summed E-state index contributed by atoms with van der Waals surface area (Å²) in [6.45, 7) is 4.76. The average molecular weight is 505 g/mol. The molecular weight excluding hydrogens is 481 g/mol. The van der Waals surface area contributed by atoms with E-state index in [-0.39, 0.29) is 23.0 Å². The molecule has 4 rings (SSSR count). The van der Waals surface area contributed by atoms with Gasteiger partial charge in [-0.2, -0.15) is 18.3 Å². The molecular formula is C20H24ClF3N6O4. The molecule has 2 saturated heterocycles. The summed E-state index contributed by atoms with van der Waals surface area (Å²) in [4.78, 5) is 33.1. The van der Waals surface area contributed by atoms with Crippen LogP contribution in [-0.2, 0) is 15.7 Å². The van der Waals surface area contributed by atoms with Crippen LogP contribution in [0.1, 0.15) is 25.3 Å². The van der Waals surface area contributed by atoms with Crippen LogP contribution in [0.15, 0.2) is 23.4 Å². The van der Waals surface area contributed by atoms with Gasteiger partial charge in [-0.15, -0.1) is 0 Å². The van der Waals surface area contributed by atoms with Crippen LogP contribution >= 0.6 is 11.6 Å². The molecule has 0 aromatic carbocycles. The molecule has 0 aliphatic carbocycles. The highest BCUT2D eigenvalue weighted by Gasteiger charge is 2.32. The first-order valence-electron chi connectivity index (χ1n) is 10.5. The molecule has 2 aliphatic heterocycles. The summed E-state index contributed by atoms with van der Waals surface area (Å²) >= 11 is 5.73. The van der Waals surface area contributed by atoms with E-state index < -0.39 is 17.3 Å². The minimum atomic E-state index is -4.42. The summed E-state index contributed by atoms with van der Waals surface area (Å²) in [5, 5.41) is 5.85. The number of ether oxygens (including phenoxy) is 2. The molecule has 10 nitrogen and oxygen atoms in total. The van der Waals surface area contributed by atoms with Gasteiger partial charge >= 0.3 is 6.18 Å². The third-order valence-electron chi connectivity index (χ3n) is 5.19. The molecule has 0 radical (unpaired) electrons. The third kappa shape index (κ3) is 7.03. The molecule has 186 valence electrons. The van der Waals surface area contributed by atoms with Gasteiger partial charge in [-0.1, -0.05) is 11.6 Å². The van der Waals surface area contributed by atoms with Gasteiger partial charge in [0.15, 0.2) is 10.8 Å². The number of hydrogen-bond acceptors (Lipinski definition) is 8. The second kappa shape index (κ2) is 11.5. The van der Waals surface area contributed by atoms with Crippen molar-refractivity contribution in [3.63, 3.8) is 0 Å². The fraction of sp³-hybridized carbons (Fsp3) is 0.550. The summed E-state index contributed by atoms with van der Waals surface area (Å²) < 4.78 is 47.8. The molecule has 1 atom stereocenters. The number of rotatable bonds is 4. The van der Waals surface area contributed by atoms with Crippen molar-refractivity contribution >= 4 is 23.5 Å². The van der Waals surface area contributed by atoms with Gasteiger partial charge in [-0.3, -0.25) is 9.59 Å². The number of nitrogens with one attached hydrogen (secondary N) is 1. The van der Waals surface area contributed by atoms with Gasteiger partial charge < -0.3 is 19.3 Å². The number of amides is 1. The van der Waals surface area contributed by atoms with Crippen molar-refractivity contribution in [2.24, 2.45) is 0 Å². The first kappa shape index (κ1) is 25.7. The fourth-order valence-electron chi connectivity index (χ4n) is 3.28. The van der Waals surface area contributed by atoms with Crippen molar-refractivity contribution in [1.29, 1.82) is 0 Å². The summed E-state index contributed by atoms with van der Waals surface area (Å²) in [5.41, 5.74) is -1.31. The van der Waals surface area contributed by atoms with Crippen LogP contribution in [0, 0.1) is 0 Å². The summed E-state index contributed by atoms with van der Waals surface area (Å²) in [6.07, 6.45) is 0.647. The Morgan fingerprint density at radius 2 is 1.91 bits per heavy atom. The second-order valence-corrected chi connectivity index (χ2v) is 7.96. The Morgan fingerprint density at radius 1 is 1.24 bits per heavy atom. The third-order valence-corrected chi connectivity index (χ3v) is 5.54. The Bertz CT molecular complexity index is 1010. The number of nitrogens with zero attached hydrogens (tertiary/aromatic N) is 5. The van der Waals surface area contributed by atoms with Crippen LogP contribution in [0.25, 0.3) is 0 Å². The van der Waals surface area contributed by atoms with Gasteiger partial charge in [-0.25, -0.2) is 15.1 Å². The van der Waals surface area contributed by atoms with Crippen LogP contribution < -0.4 is 15.2 Å². The van der Waals surface area contributed by atoms with Crippen molar-refractivity contribution in [2.75, 3.05) is 44.3 Å². The summed E-state index contributed by atoms with van der Waals surface area (Å²) in [5.74, 6) is 0.556. The van der Waals surface area contributed by atoms with Gasteiger partial charge in [0.05, 0.1) is 17.9 Å². The van der Waals surface area contributed by atoms with E-state index in [0.29, 0.717) is 38.5 Å². The van der Waals surface area contributed by atoms with Gasteiger partial charge in [-0.05, 0) is 12.8 Å². The normalized spacial score (nSPS) is 18.3. The number of alkyl halides is 3. The van der Waals surface area contributed by atoms with Crippen molar-refractivity contribution in [1.82, 2.24) is 25.1 Å². The zero-order valence-corrected chi connectivity index (χ0v) is 19.1. The van der Waals surface area contributed by atoms with E-state index in [1.807, 2.05) is 0 Å². The van der Waals surface area contributed by atoms with E-state index in [4.69, 9.17) is 21.1 Å². The number of aromatic amines is 1. The maximum absolute atomic E-state index is 12.4. The zero-order chi connectivity index (χ0) is 24.7. The average Bonchev–Trinajstić information content (AvgIpc) is 3.34. The molecule has 0 spiro atoms. The van der Waals surface area contributed by atoms with E-state index in [9.17, 15) is 22.8 Å². The monoisotopic (exact) mass is 504 g/mol. The number of H-pyrrole nitrogens is 1. The van der Waals surface area contributed by atoms with Crippen LogP contribution in [0.5, 0.6) is 5.75 Å². The lowest BCUT2D eigenvalue weighted by Gasteiger charge is -2.34. The lowest BCUT2D eigenvalue weighted by molar-refractivity contribution is -0.138. The van der Waals surface area contributed by atoms with Crippen molar-refractivity contribution in [3.05, 3.63) is 39.5 Å². The molecule has 1 N–H and O–H groups in total. The minimum absolute atomic E-state index is 0.00649. The Morgan fingerprint density at radius 3 is 2.47 bits per heavy atom. The Kier molecular flexibility index (Phi) is 8.67. The molecule has 1 amide bonds. The largest absolute Gasteiger partial charge is 0.487 e. The van der Waals surface area contributed by atoms with Crippen LogP contribution in [-0.4, -0.2) is 76.5 Å². The number of anilines is 1. The highest BCUT2D eigenvalue weighted by atomic mass is 35.5. The second-order valence-electron chi connectivity index (χ2n) is 7.59. The first-order valence-corrected chi connectivity index (χ1v) is 10.9. The topological polar surface area (TPSA) is 114 Å². The number of aromatic nitrogens is 4. The van der Waals surface area contributed by atoms with Crippen LogP contribution in [0.3, 0.4) is 0 Å². The van der Waals surface area contributed by atoms with Crippen LogP contribution in [0.2, 0.25) is 5.02 Å². The molecule has 4 heterocycles. The van der Waals surface area contributed by atoms with Gasteiger partial charge in [0.25, 0.3) is 5.56 Å². The van der Waals surface area contributed by atoms with Gasteiger partial charge in [0, 0.05) is 52.1 Å². The van der Waals surface area contributed by atoms with E-state index in [2.05, 4.69) is 20.2 Å². The number of hydrogen-bond donors (Lipinski definition) is 1. The smallest absolute Gasteiger partial charge is 0.419 e. The maximum atomic E-state index is 12.4. The van der Waals surface area contributed by atoms with Gasteiger partial charge in [0.1, 0.15) is 6.61 Å². The van der Waals surface area contributed by atoms with E-state index >= 15 is 0 Å². The van der Waals surface area contributed by atoms with Crippen molar-refractivity contribution in [3.8, 4) is 5.75 Å². The Hall–Kier alpha value is -2.93. The zero-order valence-electron chi connectivity index (χ0n) is 18.3. The summed E-state index contributed by atoms with van der Waals surface area (Å²) in [6, 6.07) is 0. The molecule has 2 aromatic rings. The molecule has 2 aromatic heterocycles. The molecule has 2 aliphatic rings. The fourth-order valence-corrected chi connectivity index (χ4v) is 3.42. The molecule has 0 saturated carbocycles. The van der Waals surface area contributed by atoms with Crippen molar-refractivity contribution < 1.29 is 27.4 Å². The lowest BCUT2D eigenvalue weighted by Crippen LogP contribution is -2.48. The first-order chi connectivity index (χ1) is 16.1. The molecule has 0 bridgehead atoms. The predicted octanol–water partition coefficient (Wildman–Crippen LogP) is 2.14. The number of carbonyl (C=O) groups is 1. The molecule has 2 fully saturated rings. The summed E-state index contributed by atoms with van der Waals surface area (Å²) in [7, 11) is 0. The molecule has 14 heteroatoms. The highest BCUT2D eigenvalue weighted by molar-refractivity contribution is 6.31. The molecule has 1 unspecified atom stereocenters. The number of carbonyl (C=O) groups excluding carboxylic acids is 1. The highest BCUT2D eigenvalue weighted by Crippen LogP contribution is 2.28. The quantitative estimate of drug-likeness (QED) is 0.674. The van der Waals surface area contributed by atoms with Crippen molar-refractivity contribution in [2.45, 2.75) is 32.0 Å². The van der Waals surface area contributed by atoms with E-state index in [1.54, 1.807) is 9.80 Å². The number of halogens is 4. The lowest BCUT2D eigenvalue weighted by atomic mass is 10.2. The SMILES string of the molecule is CC(=O)N1CCN(c2ncc(C(F)(F)F)cn2)CC1.O=c1[nH]ncc(OCC2CCCO2)c1Cl. The Balaban J connectivity index is 0.000000196. The Labute approximate surface area is 198 Å². The van der Waals surface area contributed by atoms with Crippen LogP contribution in [0.4, 0.5) is 19.1 Å². The molecule has 34 heavy (non-hydrogen) atoms. The standard InChI is InChI=1S/C11H13F3N4O.C9H11ClN2O3/c1-8(19)17-2-4-18(5-3-17)10-15-6-9(7-16-10)11(12,13)14;10-8-7(4-11-12-9(8)13)15-5-6-2-1-3-14-6/h6-7H,2-5H2,1H3;4,6H,1-3,5H2,(H,12,13). The predicted molar refractivity (Wildman–Crippen MR) is 116 cm³/mol. The number of piperazine rings is 1. The van der Waals surface area contributed by atoms with Gasteiger partial charge in [0.2, 0.25) is 11.9 Å². The minimum Gasteiger partial charge on any atom is -0.487 e.